The largest absolute Gasteiger partial charge is 0.315 e. The van der Waals surface area contributed by atoms with E-state index in [9.17, 15) is 0 Å². The lowest BCUT2D eigenvalue weighted by Gasteiger charge is -2.03. The highest BCUT2D eigenvalue weighted by Crippen LogP contribution is 2.31. The van der Waals surface area contributed by atoms with Crippen LogP contribution in [0.2, 0.25) is 0 Å². The Morgan fingerprint density at radius 3 is 2.72 bits per heavy atom. The third kappa shape index (κ3) is 2.79. The number of hydrogen-bond donors (Lipinski definition) is 1. The summed E-state index contributed by atoms with van der Waals surface area (Å²) < 4.78 is 0. The van der Waals surface area contributed by atoms with E-state index in [4.69, 9.17) is 4.98 Å². The molecule has 1 aromatic carbocycles. The van der Waals surface area contributed by atoms with Gasteiger partial charge in [0.2, 0.25) is 0 Å². The molecule has 2 rings (SSSR count). The van der Waals surface area contributed by atoms with Crippen LogP contribution >= 0.6 is 11.3 Å². The van der Waals surface area contributed by atoms with Gasteiger partial charge in [-0.1, -0.05) is 37.6 Å². The van der Waals surface area contributed by atoms with Gasteiger partial charge in [-0.05, 0) is 26.0 Å². The van der Waals surface area contributed by atoms with Crippen molar-refractivity contribution in [2.75, 3.05) is 7.05 Å². The van der Waals surface area contributed by atoms with Crippen molar-refractivity contribution in [3.8, 4) is 10.6 Å². The molecule has 0 bridgehead atoms. The maximum atomic E-state index is 4.82. The van der Waals surface area contributed by atoms with Gasteiger partial charge in [0.1, 0.15) is 5.01 Å². The van der Waals surface area contributed by atoms with E-state index in [0.717, 1.165) is 11.6 Å². The summed E-state index contributed by atoms with van der Waals surface area (Å²) in [5.74, 6) is 0.475. The molecular weight excluding hydrogens is 240 g/mol. The Bertz CT molecular complexity index is 529. The van der Waals surface area contributed by atoms with Crippen LogP contribution in [-0.2, 0) is 6.54 Å². The Morgan fingerprint density at radius 2 is 2.11 bits per heavy atom. The third-order valence-corrected chi connectivity index (χ3v) is 4.00. The van der Waals surface area contributed by atoms with E-state index in [1.807, 2.05) is 7.05 Å². The van der Waals surface area contributed by atoms with Crippen LogP contribution in [0.15, 0.2) is 24.3 Å². The molecule has 0 radical (unpaired) electrons. The van der Waals surface area contributed by atoms with Crippen molar-refractivity contribution in [2.24, 2.45) is 0 Å². The van der Waals surface area contributed by atoms with Gasteiger partial charge in [-0.15, -0.1) is 11.3 Å². The van der Waals surface area contributed by atoms with Gasteiger partial charge in [-0.25, -0.2) is 4.98 Å². The highest BCUT2D eigenvalue weighted by molar-refractivity contribution is 7.15. The predicted molar refractivity (Wildman–Crippen MR) is 79.1 cm³/mol. The Hall–Kier alpha value is -1.19. The number of rotatable bonds is 4. The maximum absolute atomic E-state index is 4.82. The lowest BCUT2D eigenvalue weighted by atomic mass is 10.1. The first kappa shape index (κ1) is 13.2. The number of nitrogens with zero attached hydrogens (tertiary/aromatic N) is 1. The molecule has 0 amide bonds. The smallest absolute Gasteiger partial charge is 0.123 e. The van der Waals surface area contributed by atoms with Crippen LogP contribution in [-0.4, -0.2) is 12.0 Å². The fourth-order valence-electron chi connectivity index (χ4n) is 2.00. The third-order valence-electron chi connectivity index (χ3n) is 2.88. The molecule has 0 spiro atoms. The van der Waals surface area contributed by atoms with Crippen LogP contribution in [0.4, 0.5) is 0 Å². The van der Waals surface area contributed by atoms with Gasteiger partial charge >= 0.3 is 0 Å². The van der Waals surface area contributed by atoms with E-state index < -0.39 is 0 Å². The van der Waals surface area contributed by atoms with Gasteiger partial charge in [0.05, 0.1) is 5.69 Å². The summed E-state index contributed by atoms with van der Waals surface area (Å²) >= 11 is 1.80. The standard InChI is InChI=1S/C15H20N2S/c1-10(2)14-13(9-16-4)18-15(17-14)12-7-5-6-11(3)8-12/h5-8,10,16H,9H2,1-4H3. The molecule has 1 aromatic heterocycles. The zero-order chi connectivity index (χ0) is 13.1. The molecule has 0 aliphatic heterocycles. The summed E-state index contributed by atoms with van der Waals surface area (Å²) in [7, 11) is 1.98. The summed E-state index contributed by atoms with van der Waals surface area (Å²) in [6.45, 7) is 7.43. The molecule has 2 nitrogen and oxygen atoms in total. The van der Waals surface area contributed by atoms with Crippen molar-refractivity contribution in [3.63, 3.8) is 0 Å². The van der Waals surface area contributed by atoms with Crippen LogP contribution < -0.4 is 5.32 Å². The SMILES string of the molecule is CNCc1sc(-c2cccc(C)c2)nc1C(C)C. The molecule has 96 valence electrons. The van der Waals surface area contributed by atoms with Crippen LogP contribution in [0.5, 0.6) is 0 Å². The van der Waals surface area contributed by atoms with Crippen molar-refractivity contribution in [2.45, 2.75) is 33.2 Å². The normalized spacial score (nSPS) is 11.2. The number of aryl methyl sites for hydroxylation is 1. The fourth-order valence-corrected chi connectivity index (χ4v) is 3.23. The lowest BCUT2D eigenvalue weighted by molar-refractivity contribution is 0.771. The first-order valence-corrected chi connectivity index (χ1v) is 7.14. The Morgan fingerprint density at radius 1 is 1.33 bits per heavy atom. The quantitative estimate of drug-likeness (QED) is 0.900. The summed E-state index contributed by atoms with van der Waals surface area (Å²) in [5, 5.41) is 4.36. The van der Waals surface area contributed by atoms with E-state index in [1.165, 1.54) is 21.7 Å². The fraction of sp³-hybridized carbons (Fsp3) is 0.400. The number of aromatic nitrogens is 1. The minimum atomic E-state index is 0.475. The molecular formula is C15H20N2S. The summed E-state index contributed by atoms with van der Waals surface area (Å²) in [5.41, 5.74) is 3.74. The molecule has 2 aromatic rings. The zero-order valence-electron chi connectivity index (χ0n) is 11.4. The Balaban J connectivity index is 2.43. The van der Waals surface area contributed by atoms with Crippen LogP contribution in [0.3, 0.4) is 0 Å². The van der Waals surface area contributed by atoms with Gasteiger partial charge in [-0.2, -0.15) is 0 Å². The first-order chi connectivity index (χ1) is 8.61. The van der Waals surface area contributed by atoms with Gasteiger partial charge in [0.15, 0.2) is 0 Å². The summed E-state index contributed by atoms with van der Waals surface area (Å²) in [6, 6.07) is 8.55. The molecule has 1 heterocycles. The van der Waals surface area contributed by atoms with Gasteiger partial charge in [0.25, 0.3) is 0 Å². The second-order valence-electron chi connectivity index (χ2n) is 4.88. The molecule has 3 heteroatoms. The zero-order valence-corrected chi connectivity index (χ0v) is 12.3. The van der Waals surface area contributed by atoms with Gasteiger partial charge in [0, 0.05) is 17.0 Å². The molecule has 1 N–H and O–H groups in total. The average Bonchev–Trinajstić information content (AvgIpc) is 2.74. The maximum Gasteiger partial charge on any atom is 0.123 e. The van der Waals surface area contributed by atoms with Crippen molar-refractivity contribution in [1.29, 1.82) is 0 Å². The molecule has 0 fully saturated rings. The molecule has 0 saturated carbocycles. The minimum Gasteiger partial charge on any atom is -0.315 e. The van der Waals surface area contributed by atoms with E-state index in [-0.39, 0.29) is 0 Å². The van der Waals surface area contributed by atoms with E-state index in [1.54, 1.807) is 11.3 Å². The second-order valence-corrected chi connectivity index (χ2v) is 5.97. The molecule has 0 unspecified atom stereocenters. The highest BCUT2D eigenvalue weighted by Gasteiger charge is 2.14. The lowest BCUT2D eigenvalue weighted by Crippen LogP contribution is -2.06. The average molecular weight is 260 g/mol. The van der Waals surface area contributed by atoms with E-state index >= 15 is 0 Å². The molecule has 0 aliphatic carbocycles. The molecule has 0 atom stereocenters. The topological polar surface area (TPSA) is 24.9 Å². The summed E-state index contributed by atoms with van der Waals surface area (Å²) in [4.78, 5) is 6.17. The molecule has 0 saturated heterocycles. The van der Waals surface area contributed by atoms with Gasteiger partial charge < -0.3 is 5.32 Å². The minimum absolute atomic E-state index is 0.475. The first-order valence-electron chi connectivity index (χ1n) is 6.33. The molecule has 0 aliphatic rings. The van der Waals surface area contributed by atoms with Crippen molar-refractivity contribution >= 4 is 11.3 Å². The second kappa shape index (κ2) is 5.63. The number of nitrogens with one attached hydrogen (secondary N) is 1. The van der Waals surface area contributed by atoms with Crippen LogP contribution in [0.1, 0.15) is 35.9 Å². The predicted octanol–water partition coefficient (Wildman–Crippen LogP) is 3.96. The number of hydrogen-bond acceptors (Lipinski definition) is 3. The van der Waals surface area contributed by atoms with E-state index in [0.29, 0.717) is 5.92 Å². The number of thiazole rings is 1. The van der Waals surface area contributed by atoms with Crippen molar-refractivity contribution < 1.29 is 0 Å². The summed E-state index contributed by atoms with van der Waals surface area (Å²) in [6.07, 6.45) is 0. The monoisotopic (exact) mass is 260 g/mol. The molecule has 18 heavy (non-hydrogen) atoms. The Labute approximate surface area is 113 Å². The number of benzene rings is 1. The Kier molecular flexibility index (Phi) is 4.15. The van der Waals surface area contributed by atoms with Crippen molar-refractivity contribution in [3.05, 3.63) is 40.4 Å². The van der Waals surface area contributed by atoms with E-state index in [2.05, 4.69) is 50.4 Å². The van der Waals surface area contributed by atoms with Crippen LogP contribution in [0.25, 0.3) is 10.6 Å². The van der Waals surface area contributed by atoms with Gasteiger partial charge in [-0.3, -0.25) is 0 Å². The van der Waals surface area contributed by atoms with Crippen LogP contribution in [0, 0.1) is 6.92 Å². The van der Waals surface area contributed by atoms with Crippen molar-refractivity contribution in [1.82, 2.24) is 10.3 Å². The highest BCUT2D eigenvalue weighted by atomic mass is 32.1.